The molecule has 0 N–H and O–H groups in total. The van der Waals surface area contributed by atoms with Crippen LogP contribution in [0, 0.1) is 29.6 Å². The summed E-state index contributed by atoms with van der Waals surface area (Å²) in [6.45, 7) is 3.88. The second-order valence-corrected chi connectivity index (χ2v) is 9.60. The third-order valence-corrected chi connectivity index (χ3v) is 8.01. The van der Waals surface area contributed by atoms with Crippen molar-refractivity contribution in [1.82, 2.24) is 0 Å². The molecule has 1 unspecified atom stereocenters. The molecule has 6 atom stereocenters. The first-order valence-electron chi connectivity index (χ1n) is 11.4. The maximum absolute atomic E-state index is 12.4. The van der Waals surface area contributed by atoms with Gasteiger partial charge in [-0.25, -0.2) is 0 Å². The zero-order chi connectivity index (χ0) is 20.4. The van der Waals surface area contributed by atoms with E-state index in [9.17, 15) is 13.2 Å². The number of hydrogen-bond acceptors (Lipinski definition) is 1. The molecule has 0 heterocycles. The number of alkyl halides is 3. The highest BCUT2D eigenvalue weighted by Crippen LogP contribution is 2.55. The minimum atomic E-state index is -4.62. The Morgan fingerprint density at radius 1 is 0.897 bits per heavy atom. The Morgan fingerprint density at radius 2 is 1.55 bits per heavy atom. The number of halogens is 3. The van der Waals surface area contributed by atoms with Crippen molar-refractivity contribution in [1.29, 1.82) is 0 Å². The van der Waals surface area contributed by atoms with Gasteiger partial charge < -0.3 is 4.74 Å². The quantitative estimate of drug-likeness (QED) is 0.452. The lowest BCUT2D eigenvalue weighted by Gasteiger charge is -2.51. The van der Waals surface area contributed by atoms with Gasteiger partial charge in [-0.2, -0.15) is 0 Å². The molecule has 3 aliphatic rings. The number of rotatable bonds is 5. The van der Waals surface area contributed by atoms with Crippen molar-refractivity contribution in [3.8, 4) is 5.75 Å². The average Bonchev–Trinajstić information content (AvgIpc) is 2.71. The average molecular weight is 407 g/mol. The van der Waals surface area contributed by atoms with Gasteiger partial charge >= 0.3 is 6.36 Å². The monoisotopic (exact) mass is 406 g/mol. The molecule has 3 saturated carbocycles. The van der Waals surface area contributed by atoms with Crippen LogP contribution in [0.25, 0.3) is 0 Å². The largest absolute Gasteiger partial charge is 0.573 e. The highest BCUT2D eigenvalue weighted by molar-refractivity contribution is 5.30. The van der Waals surface area contributed by atoms with Crippen LogP contribution >= 0.6 is 0 Å². The smallest absolute Gasteiger partial charge is 0.406 e. The SMILES string of the molecule is C=CCC[C@@H]1CC[C@H]2[C@H](CC[C@H]3CC(c4ccc(OC(F)(F)F)cc4)CC[C@@H]32)C1. The van der Waals surface area contributed by atoms with Crippen LogP contribution in [0.15, 0.2) is 36.9 Å². The molecule has 0 aromatic heterocycles. The van der Waals surface area contributed by atoms with E-state index in [0.29, 0.717) is 5.92 Å². The molecule has 0 bridgehead atoms. The molecule has 3 aliphatic carbocycles. The lowest BCUT2D eigenvalue weighted by atomic mass is 9.55. The van der Waals surface area contributed by atoms with E-state index < -0.39 is 6.36 Å². The summed E-state index contributed by atoms with van der Waals surface area (Å²) >= 11 is 0. The Balaban J connectivity index is 1.34. The zero-order valence-electron chi connectivity index (χ0n) is 17.2. The van der Waals surface area contributed by atoms with Crippen molar-refractivity contribution in [3.63, 3.8) is 0 Å². The van der Waals surface area contributed by atoms with E-state index in [0.717, 1.165) is 36.0 Å². The Hall–Kier alpha value is -1.45. The second kappa shape index (κ2) is 8.73. The second-order valence-electron chi connectivity index (χ2n) is 9.60. The van der Waals surface area contributed by atoms with Crippen molar-refractivity contribution < 1.29 is 17.9 Å². The van der Waals surface area contributed by atoms with Crippen molar-refractivity contribution >= 4 is 0 Å². The molecule has 1 nitrogen and oxygen atoms in total. The molecule has 3 fully saturated rings. The molecule has 160 valence electrons. The van der Waals surface area contributed by atoms with Crippen LogP contribution in [0.3, 0.4) is 0 Å². The fourth-order valence-electron chi connectivity index (χ4n) is 6.75. The molecule has 4 heteroatoms. The molecule has 0 saturated heterocycles. The summed E-state index contributed by atoms with van der Waals surface area (Å²) < 4.78 is 41.1. The Kier molecular flexibility index (Phi) is 6.27. The molecule has 1 aromatic carbocycles. The predicted octanol–water partition coefficient (Wildman–Crippen LogP) is 7.88. The molecular formula is C25H33F3O. The van der Waals surface area contributed by atoms with Crippen LogP contribution < -0.4 is 4.74 Å². The van der Waals surface area contributed by atoms with Crippen LogP contribution in [-0.4, -0.2) is 6.36 Å². The summed E-state index contributed by atoms with van der Waals surface area (Å²) in [5.74, 6) is 4.77. The van der Waals surface area contributed by atoms with E-state index in [-0.39, 0.29) is 5.75 Å². The Morgan fingerprint density at radius 3 is 2.21 bits per heavy atom. The lowest BCUT2D eigenvalue weighted by molar-refractivity contribution is -0.274. The molecule has 0 amide bonds. The standard InChI is InChI=1S/C25H33F3O/c1-2-3-4-17-5-13-23-20(15-17)6-7-21-16-19(10-14-24(21)23)18-8-11-22(12-9-18)29-25(26,27)28/h2,8-9,11-12,17,19-21,23-24H,1,3-7,10,13-16H2/t17-,19?,20-,21+,23+,24+/m1/s1. The van der Waals surface area contributed by atoms with Gasteiger partial charge in [-0.15, -0.1) is 19.8 Å². The summed E-state index contributed by atoms with van der Waals surface area (Å²) in [6.07, 6.45) is 10.5. The van der Waals surface area contributed by atoms with Crippen molar-refractivity contribution in [2.75, 3.05) is 0 Å². The number of ether oxygens (including phenoxy) is 1. The van der Waals surface area contributed by atoms with E-state index in [1.54, 1.807) is 0 Å². The van der Waals surface area contributed by atoms with Gasteiger partial charge in [-0.1, -0.05) is 24.6 Å². The summed E-state index contributed by atoms with van der Waals surface area (Å²) in [6, 6.07) is 6.61. The fourth-order valence-corrected chi connectivity index (χ4v) is 6.75. The molecule has 29 heavy (non-hydrogen) atoms. The van der Waals surface area contributed by atoms with E-state index in [1.165, 1.54) is 75.5 Å². The van der Waals surface area contributed by atoms with Crippen LogP contribution in [0.5, 0.6) is 5.75 Å². The summed E-state index contributed by atoms with van der Waals surface area (Å²) in [4.78, 5) is 0. The van der Waals surface area contributed by atoms with Crippen molar-refractivity contribution in [3.05, 3.63) is 42.5 Å². The topological polar surface area (TPSA) is 9.23 Å². The first-order valence-corrected chi connectivity index (χ1v) is 11.4. The highest BCUT2D eigenvalue weighted by atomic mass is 19.4. The summed E-state index contributed by atoms with van der Waals surface area (Å²) in [5.41, 5.74) is 1.17. The van der Waals surface area contributed by atoms with Crippen molar-refractivity contribution in [2.45, 2.75) is 76.5 Å². The lowest BCUT2D eigenvalue weighted by Crippen LogP contribution is -2.41. The first-order chi connectivity index (χ1) is 13.9. The van der Waals surface area contributed by atoms with Crippen LogP contribution in [-0.2, 0) is 0 Å². The molecule has 0 radical (unpaired) electrons. The van der Waals surface area contributed by atoms with E-state index in [4.69, 9.17) is 0 Å². The third kappa shape index (κ3) is 5.00. The maximum atomic E-state index is 12.4. The minimum absolute atomic E-state index is 0.122. The van der Waals surface area contributed by atoms with Gasteiger partial charge in [0.2, 0.25) is 0 Å². The third-order valence-electron chi connectivity index (χ3n) is 8.01. The van der Waals surface area contributed by atoms with Gasteiger partial charge in [0.25, 0.3) is 0 Å². The van der Waals surface area contributed by atoms with Crippen LogP contribution in [0.1, 0.15) is 75.7 Å². The molecular weight excluding hydrogens is 373 g/mol. The molecule has 1 aromatic rings. The highest BCUT2D eigenvalue weighted by Gasteiger charge is 2.44. The van der Waals surface area contributed by atoms with Gasteiger partial charge in [0.15, 0.2) is 0 Å². The summed E-state index contributed by atoms with van der Waals surface area (Å²) in [5, 5.41) is 0. The van der Waals surface area contributed by atoms with Crippen LogP contribution in [0.4, 0.5) is 13.2 Å². The van der Waals surface area contributed by atoms with E-state index in [2.05, 4.69) is 17.4 Å². The Bertz CT molecular complexity index is 680. The first kappa shape index (κ1) is 20.8. The molecule has 4 rings (SSSR count). The molecule has 0 aliphatic heterocycles. The number of allylic oxidation sites excluding steroid dienone is 1. The van der Waals surface area contributed by atoms with E-state index in [1.807, 2.05) is 12.1 Å². The van der Waals surface area contributed by atoms with Crippen molar-refractivity contribution in [2.24, 2.45) is 29.6 Å². The number of fused-ring (bicyclic) bond motifs is 3. The number of benzene rings is 1. The van der Waals surface area contributed by atoms with Crippen LogP contribution in [0.2, 0.25) is 0 Å². The predicted molar refractivity (Wildman–Crippen MR) is 110 cm³/mol. The van der Waals surface area contributed by atoms with Gasteiger partial charge in [0.05, 0.1) is 0 Å². The fraction of sp³-hybridized carbons (Fsp3) is 0.680. The van der Waals surface area contributed by atoms with Gasteiger partial charge in [-0.3, -0.25) is 0 Å². The van der Waals surface area contributed by atoms with Gasteiger partial charge in [0, 0.05) is 0 Å². The maximum Gasteiger partial charge on any atom is 0.573 e. The van der Waals surface area contributed by atoms with E-state index >= 15 is 0 Å². The minimum Gasteiger partial charge on any atom is -0.406 e. The number of hydrogen-bond donors (Lipinski definition) is 0. The normalized spacial score (nSPS) is 34.7. The summed E-state index contributed by atoms with van der Waals surface area (Å²) in [7, 11) is 0. The zero-order valence-corrected chi connectivity index (χ0v) is 17.2. The van der Waals surface area contributed by atoms with Gasteiger partial charge in [0.1, 0.15) is 5.75 Å². The molecule has 0 spiro atoms. The van der Waals surface area contributed by atoms with Gasteiger partial charge in [-0.05, 0) is 111 Å². The Labute approximate surface area is 172 Å².